The van der Waals surface area contributed by atoms with E-state index in [4.69, 9.17) is 16.7 Å². The highest BCUT2D eigenvalue weighted by atomic mass is 35.5. The third-order valence-corrected chi connectivity index (χ3v) is 3.81. The first-order chi connectivity index (χ1) is 12.0. The highest BCUT2D eigenvalue weighted by Crippen LogP contribution is 2.31. The number of carboxylic acid groups (broad SMARTS) is 1. The minimum atomic E-state index is -1.19. The molecule has 0 fully saturated rings. The van der Waals surface area contributed by atoms with Gasteiger partial charge in [0.05, 0.1) is 17.4 Å². The number of fused-ring (bicyclic) bond motifs is 1. The molecule has 25 heavy (non-hydrogen) atoms. The van der Waals surface area contributed by atoms with Gasteiger partial charge in [-0.05, 0) is 18.2 Å². The average molecular weight is 358 g/mol. The van der Waals surface area contributed by atoms with Gasteiger partial charge in [0, 0.05) is 16.0 Å². The number of carboxylic acids is 1. The molecule has 0 atom stereocenters. The Balaban J connectivity index is 2.01. The van der Waals surface area contributed by atoms with Crippen molar-refractivity contribution in [3.63, 3.8) is 0 Å². The predicted molar refractivity (Wildman–Crippen MR) is 91.6 cm³/mol. The molecule has 0 saturated carbocycles. The van der Waals surface area contributed by atoms with Crippen LogP contribution in [0.4, 0.5) is 0 Å². The average Bonchev–Trinajstić information content (AvgIpc) is 2.60. The number of hydrogen-bond acceptors (Lipinski definition) is 5. The number of carbonyl (C=O) groups is 2. The van der Waals surface area contributed by atoms with Crippen LogP contribution < -0.4 is 5.32 Å². The van der Waals surface area contributed by atoms with E-state index < -0.39 is 18.4 Å². The van der Waals surface area contributed by atoms with E-state index in [0.29, 0.717) is 21.6 Å². The number of carbonyl (C=O) groups excluding carboxylic acids is 1. The Bertz CT molecular complexity index is 991. The van der Waals surface area contributed by atoms with Gasteiger partial charge in [-0.25, -0.2) is 9.97 Å². The van der Waals surface area contributed by atoms with Crippen molar-refractivity contribution in [2.24, 2.45) is 0 Å². The van der Waals surface area contributed by atoms with Gasteiger partial charge < -0.3 is 15.5 Å². The van der Waals surface area contributed by atoms with Crippen molar-refractivity contribution in [3.8, 4) is 17.0 Å². The molecule has 7 nitrogen and oxygen atoms in total. The summed E-state index contributed by atoms with van der Waals surface area (Å²) in [5, 5.41) is 21.9. The smallest absolute Gasteiger partial charge is 0.322 e. The van der Waals surface area contributed by atoms with Gasteiger partial charge >= 0.3 is 5.97 Å². The summed E-state index contributed by atoms with van der Waals surface area (Å²) in [5.74, 6) is -2.34. The summed E-state index contributed by atoms with van der Waals surface area (Å²) in [5.41, 5.74) is 1.45. The first-order valence-corrected chi connectivity index (χ1v) is 7.59. The van der Waals surface area contributed by atoms with Crippen molar-refractivity contribution >= 4 is 34.4 Å². The maximum Gasteiger partial charge on any atom is 0.322 e. The van der Waals surface area contributed by atoms with Crippen LogP contribution in [0.2, 0.25) is 5.02 Å². The number of benzene rings is 1. The Morgan fingerprint density at radius 2 is 1.92 bits per heavy atom. The van der Waals surface area contributed by atoms with Crippen molar-refractivity contribution in [1.82, 2.24) is 15.3 Å². The molecule has 3 aromatic rings. The summed E-state index contributed by atoms with van der Waals surface area (Å²) >= 11 is 6.16. The number of halogens is 1. The first kappa shape index (κ1) is 16.7. The van der Waals surface area contributed by atoms with Crippen LogP contribution in [-0.2, 0) is 4.79 Å². The Labute approximate surface area is 146 Å². The van der Waals surface area contributed by atoms with E-state index in [1.807, 2.05) is 18.2 Å². The topological polar surface area (TPSA) is 112 Å². The zero-order valence-corrected chi connectivity index (χ0v) is 13.5. The molecule has 3 N–H and O–H groups in total. The van der Waals surface area contributed by atoms with Crippen LogP contribution in [0.5, 0.6) is 5.75 Å². The lowest BCUT2D eigenvalue weighted by atomic mass is 10.1. The Morgan fingerprint density at radius 1 is 1.16 bits per heavy atom. The number of rotatable bonds is 4. The molecule has 2 aromatic heterocycles. The molecule has 1 amide bonds. The molecule has 0 saturated heterocycles. The van der Waals surface area contributed by atoms with E-state index in [0.717, 1.165) is 5.56 Å². The molecule has 2 heterocycles. The van der Waals surface area contributed by atoms with E-state index in [1.54, 1.807) is 18.2 Å². The van der Waals surface area contributed by atoms with Gasteiger partial charge in [-0.2, -0.15) is 0 Å². The van der Waals surface area contributed by atoms with Crippen molar-refractivity contribution in [2.45, 2.75) is 0 Å². The molecule has 8 heteroatoms. The van der Waals surface area contributed by atoms with E-state index >= 15 is 0 Å². The molecule has 0 radical (unpaired) electrons. The second-order valence-electron chi connectivity index (χ2n) is 5.14. The minimum Gasteiger partial charge on any atom is -0.505 e. The summed E-state index contributed by atoms with van der Waals surface area (Å²) in [7, 11) is 0. The van der Waals surface area contributed by atoms with E-state index in [2.05, 4.69) is 15.3 Å². The lowest BCUT2D eigenvalue weighted by Crippen LogP contribution is -2.29. The number of nitrogens with zero attached hydrogens (tertiary/aromatic N) is 2. The summed E-state index contributed by atoms with van der Waals surface area (Å²) in [4.78, 5) is 30.7. The Hall–Kier alpha value is -3.19. The highest BCUT2D eigenvalue weighted by Gasteiger charge is 2.17. The SMILES string of the molecule is O=C(O)CNC(=O)c1ncc2nc(-c3ccccc3Cl)ccc2c1O. The van der Waals surface area contributed by atoms with Crippen LogP contribution in [0.1, 0.15) is 10.5 Å². The molecular weight excluding hydrogens is 346 g/mol. The van der Waals surface area contributed by atoms with Crippen molar-refractivity contribution < 1.29 is 19.8 Å². The number of amides is 1. The Kier molecular flexibility index (Phi) is 4.49. The van der Waals surface area contributed by atoms with Crippen molar-refractivity contribution in [1.29, 1.82) is 0 Å². The van der Waals surface area contributed by atoms with Crippen LogP contribution in [0.15, 0.2) is 42.6 Å². The summed E-state index contributed by atoms with van der Waals surface area (Å²) in [6, 6.07) is 10.5. The van der Waals surface area contributed by atoms with E-state index in [-0.39, 0.29) is 11.4 Å². The molecule has 0 aliphatic rings. The quantitative estimate of drug-likeness (QED) is 0.661. The fourth-order valence-electron chi connectivity index (χ4n) is 2.31. The van der Waals surface area contributed by atoms with Crippen molar-refractivity contribution in [3.05, 3.63) is 53.3 Å². The maximum absolute atomic E-state index is 11.9. The second-order valence-corrected chi connectivity index (χ2v) is 5.55. The fourth-order valence-corrected chi connectivity index (χ4v) is 2.55. The molecule has 0 bridgehead atoms. The summed E-state index contributed by atoms with van der Waals surface area (Å²) in [6.07, 6.45) is 1.34. The van der Waals surface area contributed by atoms with Gasteiger partial charge in [-0.1, -0.05) is 29.8 Å². The lowest BCUT2D eigenvalue weighted by molar-refractivity contribution is -0.135. The zero-order chi connectivity index (χ0) is 18.0. The predicted octanol–water partition coefficient (Wildman–Crippen LogP) is 2.47. The fraction of sp³-hybridized carbons (Fsp3) is 0.0588. The van der Waals surface area contributed by atoms with Gasteiger partial charge in [-0.3, -0.25) is 9.59 Å². The monoisotopic (exact) mass is 357 g/mol. The van der Waals surface area contributed by atoms with Crippen molar-refractivity contribution in [2.75, 3.05) is 6.54 Å². The van der Waals surface area contributed by atoms with E-state index in [9.17, 15) is 14.7 Å². The third-order valence-electron chi connectivity index (χ3n) is 3.49. The van der Waals surface area contributed by atoms with Gasteiger partial charge in [0.25, 0.3) is 5.91 Å². The molecular formula is C17H12ClN3O4. The first-order valence-electron chi connectivity index (χ1n) is 7.21. The standard InChI is InChI=1S/C17H12ClN3O4/c18-11-4-2-1-3-9(11)12-6-5-10-13(21-12)7-19-15(16(10)24)17(25)20-8-14(22)23/h1-7,24H,8H2,(H,20,25)(H,22,23). The van der Waals surface area contributed by atoms with Crippen LogP contribution in [0.3, 0.4) is 0 Å². The molecule has 0 spiro atoms. The van der Waals surface area contributed by atoms with Gasteiger partial charge in [-0.15, -0.1) is 0 Å². The van der Waals surface area contributed by atoms with Gasteiger partial charge in [0.1, 0.15) is 6.54 Å². The number of pyridine rings is 2. The number of aromatic nitrogens is 2. The molecule has 3 rings (SSSR count). The van der Waals surface area contributed by atoms with Gasteiger partial charge in [0.2, 0.25) is 0 Å². The summed E-state index contributed by atoms with van der Waals surface area (Å²) < 4.78 is 0. The molecule has 0 unspecified atom stereocenters. The summed E-state index contributed by atoms with van der Waals surface area (Å²) in [6.45, 7) is -0.568. The van der Waals surface area contributed by atoms with Crippen LogP contribution in [0, 0.1) is 0 Å². The molecule has 126 valence electrons. The largest absolute Gasteiger partial charge is 0.505 e. The third kappa shape index (κ3) is 3.36. The highest BCUT2D eigenvalue weighted by molar-refractivity contribution is 6.33. The number of hydrogen-bond donors (Lipinski definition) is 3. The molecule has 0 aliphatic heterocycles. The van der Waals surface area contributed by atoms with E-state index in [1.165, 1.54) is 6.20 Å². The van der Waals surface area contributed by atoms with Gasteiger partial charge in [0.15, 0.2) is 11.4 Å². The number of aliphatic carboxylic acids is 1. The Morgan fingerprint density at radius 3 is 2.64 bits per heavy atom. The minimum absolute atomic E-state index is 0.263. The maximum atomic E-state index is 11.9. The molecule has 0 aliphatic carbocycles. The molecule has 1 aromatic carbocycles. The lowest BCUT2D eigenvalue weighted by Gasteiger charge is -2.09. The number of aromatic hydroxyl groups is 1. The van der Waals surface area contributed by atoms with Crippen LogP contribution in [0.25, 0.3) is 22.2 Å². The zero-order valence-electron chi connectivity index (χ0n) is 12.7. The van der Waals surface area contributed by atoms with Crippen LogP contribution >= 0.6 is 11.6 Å². The second kappa shape index (κ2) is 6.74. The van der Waals surface area contributed by atoms with Crippen LogP contribution in [-0.4, -0.2) is 38.6 Å². The normalized spacial score (nSPS) is 10.6. The number of nitrogens with one attached hydrogen (secondary N) is 1.